The van der Waals surface area contributed by atoms with Crippen LogP contribution in [0.2, 0.25) is 5.15 Å². The Hall–Kier alpha value is -5.09. The molecule has 0 fully saturated rings. The molecule has 7 rings (SSSR count). The average molecular weight is 550 g/mol. The minimum Gasteiger partial charge on any atom is -0.383 e. The van der Waals surface area contributed by atoms with E-state index in [0.717, 1.165) is 46.9 Å². The number of carbonyl (C=O) groups is 1. The van der Waals surface area contributed by atoms with E-state index in [1.807, 2.05) is 36.5 Å². The Balaban J connectivity index is 0.000000246. The van der Waals surface area contributed by atoms with Gasteiger partial charge in [0, 0.05) is 30.5 Å². The van der Waals surface area contributed by atoms with E-state index >= 15 is 0 Å². The van der Waals surface area contributed by atoms with Gasteiger partial charge in [-0.25, -0.2) is 24.6 Å². The van der Waals surface area contributed by atoms with Gasteiger partial charge < -0.3 is 11.5 Å². The van der Waals surface area contributed by atoms with Crippen molar-refractivity contribution in [1.82, 2.24) is 34.3 Å². The number of hydrogen-bond acceptors (Lipinski definition) is 7. The molecule has 0 saturated carbocycles. The number of aryl methyl sites for hydroxylation is 2. The molecule has 1 amide bonds. The van der Waals surface area contributed by atoms with Gasteiger partial charge in [0.15, 0.2) is 17.3 Å². The summed E-state index contributed by atoms with van der Waals surface area (Å²) in [5.41, 5.74) is 17.7. The lowest BCUT2D eigenvalue weighted by molar-refractivity contribution is 0.1000. The summed E-state index contributed by atoms with van der Waals surface area (Å²) in [4.78, 5) is 28.2. The van der Waals surface area contributed by atoms with Gasteiger partial charge in [0.1, 0.15) is 16.5 Å². The van der Waals surface area contributed by atoms with Gasteiger partial charge in [0.25, 0.3) is 0 Å². The third kappa shape index (κ3) is 4.87. The number of fused-ring (bicyclic) bond motifs is 2. The number of halogens is 1. The molecule has 1 aromatic carbocycles. The SMILES string of the molecule is NC(=O)c1ccc(Cl)nc1.Nc1ncccc1-c1nc2ccc(-n3cccn3)nc2n1-c1ccc2c(c1)CCC2. The molecule has 0 spiro atoms. The summed E-state index contributed by atoms with van der Waals surface area (Å²) in [6.07, 6.45) is 10.1. The van der Waals surface area contributed by atoms with Gasteiger partial charge in [0.05, 0.1) is 11.1 Å². The second kappa shape index (κ2) is 10.6. The monoisotopic (exact) mass is 549 g/mol. The summed E-state index contributed by atoms with van der Waals surface area (Å²) >= 11 is 5.45. The zero-order valence-corrected chi connectivity index (χ0v) is 22.0. The van der Waals surface area contributed by atoms with E-state index in [2.05, 4.69) is 37.8 Å². The van der Waals surface area contributed by atoms with Gasteiger partial charge in [-0.1, -0.05) is 17.7 Å². The van der Waals surface area contributed by atoms with Crippen LogP contribution in [0, 0.1) is 0 Å². The average Bonchev–Trinajstić information content (AvgIpc) is 3.73. The first-order valence-electron chi connectivity index (χ1n) is 12.6. The molecule has 6 aromatic rings. The summed E-state index contributed by atoms with van der Waals surface area (Å²) in [5, 5.41) is 4.67. The number of nitrogens with zero attached hydrogens (tertiary/aromatic N) is 7. The summed E-state index contributed by atoms with van der Waals surface area (Å²) < 4.78 is 3.83. The van der Waals surface area contributed by atoms with Crippen LogP contribution in [0.5, 0.6) is 0 Å². The normalized spacial score (nSPS) is 12.1. The van der Waals surface area contributed by atoms with Crippen LogP contribution in [0.3, 0.4) is 0 Å². The van der Waals surface area contributed by atoms with Crippen molar-refractivity contribution in [2.24, 2.45) is 5.73 Å². The molecular formula is C29H24ClN9O. The van der Waals surface area contributed by atoms with Crippen LogP contribution in [0.1, 0.15) is 27.9 Å². The summed E-state index contributed by atoms with van der Waals surface area (Å²) in [5.74, 6) is 1.42. The van der Waals surface area contributed by atoms with Crippen LogP contribution in [-0.2, 0) is 12.8 Å². The van der Waals surface area contributed by atoms with Crippen molar-refractivity contribution in [2.75, 3.05) is 5.73 Å². The minimum absolute atomic E-state index is 0.352. The van der Waals surface area contributed by atoms with Gasteiger partial charge in [0.2, 0.25) is 5.91 Å². The van der Waals surface area contributed by atoms with Crippen LogP contribution in [-0.4, -0.2) is 40.2 Å². The van der Waals surface area contributed by atoms with Crippen molar-refractivity contribution in [1.29, 1.82) is 0 Å². The Bertz CT molecular complexity index is 1830. The van der Waals surface area contributed by atoms with Crippen molar-refractivity contribution in [3.63, 3.8) is 0 Å². The molecule has 198 valence electrons. The molecule has 0 atom stereocenters. The maximum absolute atomic E-state index is 10.5. The van der Waals surface area contributed by atoms with Crippen LogP contribution in [0.25, 0.3) is 34.1 Å². The first-order chi connectivity index (χ1) is 19.5. The number of amides is 1. The number of benzene rings is 1. The number of nitrogens with two attached hydrogens (primary N) is 2. The summed E-state index contributed by atoms with van der Waals surface area (Å²) in [6.45, 7) is 0. The van der Waals surface area contributed by atoms with Crippen molar-refractivity contribution in [3.8, 4) is 22.9 Å². The number of rotatable bonds is 4. The van der Waals surface area contributed by atoms with Crippen LogP contribution < -0.4 is 11.5 Å². The van der Waals surface area contributed by atoms with Crippen LogP contribution in [0.15, 0.2) is 85.5 Å². The highest BCUT2D eigenvalue weighted by atomic mass is 35.5. The first-order valence-corrected chi connectivity index (χ1v) is 13.0. The van der Waals surface area contributed by atoms with E-state index in [0.29, 0.717) is 16.5 Å². The molecule has 1 aliphatic rings. The van der Waals surface area contributed by atoms with Crippen LogP contribution >= 0.6 is 11.6 Å². The van der Waals surface area contributed by atoms with E-state index < -0.39 is 5.91 Å². The Morgan fingerprint density at radius 1 is 0.925 bits per heavy atom. The third-order valence-corrected chi connectivity index (χ3v) is 6.88. The Morgan fingerprint density at radius 3 is 2.55 bits per heavy atom. The summed E-state index contributed by atoms with van der Waals surface area (Å²) in [7, 11) is 0. The van der Waals surface area contributed by atoms with E-state index in [9.17, 15) is 4.79 Å². The van der Waals surface area contributed by atoms with Gasteiger partial charge >= 0.3 is 0 Å². The Kier molecular flexibility index (Phi) is 6.67. The first kappa shape index (κ1) is 25.2. The third-order valence-electron chi connectivity index (χ3n) is 6.66. The van der Waals surface area contributed by atoms with Crippen molar-refractivity contribution < 1.29 is 4.79 Å². The molecule has 10 nitrogen and oxygen atoms in total. The highest BCUT2D eigenvalue weighted by Crippen LogP contribution is 2.32. The maximum Gasteiger partial charge on any atom is 0.250 e. The molecule has 5 heterocycles. The number of primary amides is 1. The molecule has 1 aliphatic carbocycles. The molecule has 0 saturated heterocycles. The fourth-order valence-electron chi connectivity index (χ4n) is 4.73. The standard InChI is InChI=1S/C23H19N7.C6H5ClN2O/c24-21-18(6-2-11-25-21)22-27-19-9-10-20(29-13-3-12-26-29)28-23(19)30(22)17-8-7-15-4-1-5-16(15)14-17;7-5-2-1-4(3-9-5)6(8)10/h2-3,6-14H,1,4-5H2,(H2,24,25);1-3H,(H2,8,10). The lowest BCUT2D eigenvalue weighted by Crippen LogP contribution is -2.10. The fourth-order valence-corrected chi connectivity index (χ4v) is 4.84. The van der Waals surface area contributed by atoms with E-state index in [1.165, 1.54) is 35.9 Å². The fraction of sp³-hybridized carbons (Fsp3) is 0.103. The molecule has 0 radical (unpaired) electrons. The Labute approximate surface area is 234 Å². The van der Waals surface area contributed by atoms with Crippen molar-refractivity contribution in [3.05, 3.63) is 107 Å². The topological polar surface area (TPSA) is 143 Å². The zero-order chi connectivity index (χ0) is 27.6. The lowest BCUT2D eigenvalue weighted by atomic mass is 10.1. The molecule has 0 aliphatic heterocycles. The number of pyridine rings is 3. The molecular weight excluding hydrogens is 526 g/mol. The van der Waals surface area contributed by atoms with Crippen LogP contribution in [0.4, 0.5) is 5.82 Å². The smallest absolute Gasteiger partial charge is 0.250 e. The quantitative estimate of drug-likeness (QED) is 0.306. The van der Waals surface area contributed by atoms with Crippen molar-refractivity contribution in [2.45, 2.75) is 19.3 Å². The highest BCUT2D eigenvalue weighted by molar-refractivity contribution is 6.29. The predicted octanol–water partition coefficient (Wildman–Crippen LogP) is 4.57. The molecule has 40 heavy (non-hydrogen) atoms. The number of carbonyl (C=O) groups excluding carboxylic acids is 1. The van der Waals surface area contributed by atoms with Crippen molar-refractivity contribution >= 4 is 34.5 Å². The molecule has 0 bridgehead atoms. The number of imidazole rings is 1. The zero-order valence-electron chi connectivity index (χ0n) is 21.3. The van der Waals surface area contributed by atoms with E-state index in [1.54, 1.807) is 17.1 Å². The number of nitrogen functional groups attached to an aromatic ring is 1. The van der Waals surface area contributed by atoms with E-state index in [-0.39, 0.29) is 0 Å². The predicted molar refractivity (Wildman–Crippen MR) is 153 cm³/mol. The van der Waals surface area contributed by atoms with Gasteiger partial charge in [-0.05, 0) is 85.0 Å². The largest absolute Gasteiger partial charge is 0.383 e. The van der Waals surface area contributed by atoms with Gasteiger partial charge in [-0.15, -0.1) is 0 Å². The highest BCUT2D eigenvalue weighted by Gasteiger charge is 2.20. The molecule has 11 heteroatoms. The lowest BCUT2D eigenvalue weighted by Gasteiger charge is -2.12. The van der Waals surface area contributed by atoms with Gasteiger partial charge in [-0.2, -0.15) is 5.10 Å². The Morgan fingerprint density at radius 2 is 1.80 bits per heavy atom. The molecule has 5 aromatic heterocycles. The summed E-state index contributed by atoms with van der Waals surface area (Å²) in [6, 6.07) is 19.3. The van der Waals surface area contributed by atoms with E-state index in [4.69, 9.17) is 33.0 Å². The maximum atomic E-state index is 10.5. The second-order valence-corrected chi connectivity index (χ2v) is 9.60. The number of aromatic nitrogens is 7. The number of anilines is 1. The molecule has 4 N–H and O–H groups in total. The minimum atomic E-state index is -0.496. The second-order valence-electron chi connectivity index (χ2n) is 9.21. The van der Waals surface area contributed by atoms with Gasteiger partial charge in [-0.3, -0.25) is 9.36 Å². The molecule has 0 unspecified atom stereocenters. The number of hydrogen-bond donors (Lipinski definition) is 2.